The van der Waals surface area contributed by atoms with Crippen molar-refractivity contribution in [2.24, 2.45) is 0 Å². The van der Waals surface area contributed by atoms with Gasteiger partial charge in [0, 0.05) is 18.0 Å². The molecule has 6 heteroatoms. The van der Waals surface area contributed by atoms with E-state index in [0.29, 0.717) is 17.6 Å². The van der Waals surface area contributed by atoms with Gasteiger partial charge in [-0.1, -0.05) is 33.8 Å². The number of anilines is 1. The Bertz CT molecular complexity index is 1120. The average Bonchev–Trinajstić information content (AvgIpc) is 2.61. The van der Waals surface area contributed by atoms with Crippen molar-refractivity contribution in [2.45, 2.75) is 39.5 Å². The van der Waals surface area contributed by atoms with E-state index in [1.165, 1.54) is 18.3 Å². The lowest BCUT2D eigenvalue weighted by atomic mass is 9.84. The van der Waals surface area contributed by atoms with Gasteiger partial charge >= 0.3 is 0 Å². The van der Waals surface area contributed by atoms with Crippen molar-refractivity contribution in [1.82, 2.24) is 4.98 Å². The van der Waals surface area contributed by atoms with Crippen LogP contribution < -0.4 is 10.7 Å². The predicted molar refractivity (Wildman–Crippen MR) is 110 cm³/mol. The quantitative estimate of drug-likeness (QED) is 0.550. The Kier molecular flexibility index (Phi) is 4.89. The molecule has 1 heterocycles. The van der Waals surface area contributed by atoms with Crippen LogP contribution in [-0.2, 0) is 11.8 Å². The van der Waals surface area contributed by atoms with E-state index in [1.54, 1.807) is 12.1 Å². The number of H-pyrrole nitrogens is 1. The van der Waals surface area contributed by atoms with Gasteiger partial charge in [-0.3, -0.25) is 9.59 Å². The number of nitrogens with one attached hydrogen (secondary N) is 2. The van der Waals surface area contributed by atoms with Crippen LogP contribution in [0.15, 0.2) is 41.3 Å². The van der Waals surface area contributed by atoms with Gasteiger partial charge in [-0.05, 0) is 41.2 Å². The first-order valence-corrected chi connectivity index (χ1v) is 9.14. The summed E-state index contributed by atoms with van der Waals surface area (Å²) in [5, 5.41) is 23.2. The first kappa shape index (κ1) is 19.5. The van der Waals surface area contributed by atoms with Gasteiger partial charge < -0.3 is 20.5 Å². The highest BCUT2D eigenvalue weighted by Crippen LogP contribution is 2.35. The third-order valence-corrected chi connectivity index (χ3v) is 4.79. The fourth-order valence-corrected chi connectivity index (χ4v) is 3.25. The number of aromatic amines is 1. The number of aryl methyl sites for hydroxylation is 1. The first-order chi connectivity index (χ1) is 13.1. The first-order valence-electron chi connectivity index (χ1n) is 9.14. The molecule has 1 aromatic heterocycles. The Labute approximate surface area is 162 Å². The normalized spacial score (nSPS) is 11.6. The van der Waals surface area contributed by atoms with Crippen LogP contribution in [0.3, 0.4) is 0 Å². The second-order valence-electron chi connectivity index (χ2n) is 7.82. The molecule has 0 aliphatic rings. The van der Waals surface area contributed by atoms with E-state index in [2.05, 4.69) is 10.3 Å². The summed E-state index contributed by atoms with van der Waals surface area (Å²) in [7, 11) is 0. The molecule has 4 N–H and O–H groups in total. The van der Waals surface area contributed by atoms with Gasteiger partial charge in [-0.15, -0.1) is 0 Å². The molecule has 0 saturated carbocycles. The SMILES string of the molecule is CCc1cc(C(C)(C)C)c(O)cc1NC(=O)c1c[nH]c2cccc(O)c2c1=O. The topological polar surface area (TPSA) is 102 Å². The minimum atomic E-state index is -0.607. The van der Waals surface area contributed by atoms with Crippen molar-refractivity contribution in [1.29, 1.82) is 0 Å². The van der Waals surface area contributed by atoms with Gasteiger partial charge in [0.25, 0.3) is 5.91 Å². The molecule has 0 aliphatic heterocycles. The van der Waals surface area contributed by atoms with Crippen molar-refractivity contribution in [3.05, 3.63) is 63.4 Å². The maximum atomic E-state index is 12.8. The lowest BCUT2D eigenvalue weighted by molar-refractivity contribution is 0.102. The largest absolute Gasteiger partial charge is 0.508 e. The van der Waals surface area contributed by atoms with Gasteiger partial charge in [-0.2, -0.15) is 0 Å². The lowest BCUT2D eigenvalue weighted by Gasteiger charge is -2.23. The number of phenols is 2. The Hall–Kier alpha value is -3.28. The molecule has 0 spiro atoms. The number of phenolic OH excluding ortho intramolecular Hbond substituents is 2. The number of fused-ring (bicyclic) bond motifs is 1. The van der Waals surface area contributed by atoms with Crippen molar-refractivity contribution < 1.29 is 15.0 Å². The molecule has 146 valence electrons. The summed E-state index contributed by atoms with van der Waals surface area (Å²) < 4.78 is 0. The molecule has 0 saturated heterocycles. The fraction of sp³-hybridized carbons (Fsp3) is 0.273. The van der Waals surface area contributed by atoms with E-state index >= 15 is 0 Å². The van der Waals surface area contributed by atoms with Gasteiger partial charge in [0.1, 0.15) is 17.1 Å². The molecule has 0 atom stereocenters. The van der Waals surface area contributed by atoms with Crippen LogP contribution in [0.5, 0.6) is 11.5 Å². The Morgan fingerprint density at radius 1 is 1.14 bits per heavy atom. The predicted octanol–water partition coefficient (Wildman–Crippen LogP) is 4.05. The number of aromatic hydroxyl groups is 2. The van der Waals surface area contributed by atoms with Gasteiger partial charge in [0.2, 0.25) is 5.43 Å². The van der Waals surface area contributed by atoms with E-state index < -0.39 is 11.3 Å². The Morgan fingerprint density at radius 3 is 2.50 bits per heavy atom. The molecule has 3 rings (SSSR count). The fourth-order valence-electron chi connectivity index (χ4n) is 3.25. The van der Waals surface area contributed by atoms with Gasteiger partial charge in [0.15, 0.2) is 0 Å². The maximum Gasteiger partial charge on any atom is 0.261 e. The number of amides is 1. The van der Waals surface area contributed by atoms with Crippen LogP contribution in [0.25, 0.3) is 10.9 Å². The summed E-state index contributed by atoms with van der Waals surface area (Å²) in [4.78, 5) is 28.3. The van der Waals surface area contributed by atoms with Gasteiger partial charge in [0.05, 0.1) is 10.9 Å². The molecular weight excluding hydrogens is 356 g/mol. The number of hydrogen-bond donors (Lipinski definition) is 4. The number of rotatable bonds is 3. The number of carbonyl (C=O) groups is 1. The van der Waals surface area contributed by atoms with Crippen LogP contribution in [0.1, 0.15) is 49.2 Å². The number of aromatic nitrogens is 1. The molecular formula is C22H24N2O4. The highest BCUT2D eigenvalue weighted by Gasteiger charge is 2.22. The molecule has 6 nitrogen and oxygen atoms in total. The second kappa shape index (κ2) is 7.03. The Morgan fingerprint density at radius 2 is 1.86 bits per heavy atom. The van der Waals surface area contributed by atoms with Crippen LogP contribution in [0.2, 0.25) is 0 Å². The minimum Gasteiger partial charge on any atom is -0.508 e. The van der Waals surface area contributed by atoms with Gasteiger partial charge in [-0.25, -0.2) is 0 Å². The molecule has 28 heavy (non-hydrogen) atoms. The lowest BCUT2D eigenvalue weighted by Crippen LogP contribution is -2.23. The molecule has 0 radical (unpaired) electrons. The monoisotopic (exact) mass is 380 g/mol. The average molecular weight is 380 g/mol. The number of benzene rings is 2. The summed E-state index contributed by atoms with van der Waals surface area (Å²) in [6.07, 6.45) is 1.97. The third kappa shape index (κ3) is 3.45. The van der Waals surface area contributed by atoms with Crippen LogP contribution in [0, 0.1) is 0 Å². The van der Waals surface area contributed by atoms with Crippen LogP contribution in [-0.4, -0.2) is 21.1 Å². The number of hydrogen-bond acceptors (Lipinski definition) is 4. The molecule has 0 unspecified atom stereocenters. The van der Waals surface area contributed by atoms with Crippen molar-refractivity contribution in [3.63, 3.8) is 0 Å². The smallest absolute Gasteiger partial charge is 0.261 e. The second-order valence-corrected chi connectivity index (χ2v) is 7.82. The van der Waals surface area contributed by atoms with E-state index in [1.807, 2.05) is 33.8 Å². The summed E-state index contributed by atoms with van der Waals surface area (Å²) in [5.74, 6) is -0.705. The zero-order valence-electron chi connectivity index (χ0n) is 16.4. The molecule has 2 aromatic carbocycles. The van der Waals surface area contributed by atoms with Crippen LogP contribution >= 0.6 is 0 Å². The molecule has 0 aliphatic carbocycles. The summed E-state index contributed by atoms with van der Waals surface area (Å²) in [5.41, 5.74) is 1.63. The van der Waals surface area contributed by atoms with E-state index in [-0.39, 0.29) is 27.9 Å². The van der Waals surface area contributed by atoms with E-state index in [9.17, 15) is 19.8 Å². The zero-order chi connectivity index (χ0) is 20.6. The molecule has 0 fully saturated rings. The Balaban J connectivity index is 2.03. The summed E-state index contributed by atoms with van der Waals surface area (Å²) in [6.45, 7) is 7.96. The van der Waals surface area contributed by atoms with Crippen molar-refractivity contribution in [3.8, 4) is 11.5 Å². The minimum absolute atomic E-state index is 0.0665. The summed E-state index contributed by atoms with van der Waals surface area (Å²) in [6, 6.07) is 8.06. The molecule has 3 aromatic rings. The molecule has 1 amide bonds. The highest BCUT2D eigenvalue weighted by molar-refractivity contribution is 6.06. The molecule has 0 bridgehead atoms. The van der Waals surface area contributed by atoms with E-state index in [4.69, 9.17) is 0 Å². The zero-order valence-corrected chi connectivity index (χ0v) is 16.4. The van der Waals surface area contributed by atoms with E-state index in [0.717, 1.165) is 11.1 Å². The maximum absolute atomic E-state index is 12.8. The third-order valence-electron chi connectivity index (χ3n) is 4.79. The van der Waals surface area contributed by atoms with Crippen molar-refractivity contribution in [2.75, 3.05) is 5.32 Å². The standard InChI is InChI=1S/C22H24N2O4/c1-5-12-9-14(22(2,3)4)18(26)10-16(12)24-21(28)13-11-23-15-7-6-8-17(25)19(15)20(13)27/h6-11,25-26H,5H2,1-4H3,(H,23,27)(H,24,28). The van der Waals surface area contributed by atoms with Crippen molar-refractivity contribution >= 4 is 22.5 Å². The van der Waals surface area contributed by atoms with Crippen LogP contribution in [0.4, 0.5) is 5.69 Å². The number of pyridine rings is 1. The summed E-state index contributed by atoms with van der Waals surface area (Å²) >= 11 is 0. The highest BCUT2D eigenvalue weighted by atomic mass is 16.3. The number of carbonyl (C=O) groups excluding carboxylic acids is 1.